The van der Waals surface area contributed by atoms with Gasteiger partial charge in [-0.3, -0.25) is 14.7 Å². The highest BCUT2D eigenvalue weighted by molar-refractivity contribution is 5.57. The fourth-order valence-electron chi connectivity index (χ4n) is 6.27. The first-order chi connectivity index (χ1) is 13.1. The van der Waals surface area contributed by atoms with Crippen molar-refractivity contribution in [2.75, 3.05) is 39.3 Å². The van der Waals surface area contributed by atoms with Crippen LogP contribution in [0.5, 0.6) is 0 Å². The Labute approximate surface area is 165 Å². The minimum absolute atomic E-state index is 0.413. The van der Waals surface area contributed by atoms with Crippen molar-refractivity contribution in [1.29, 1.82) is 0 Å². The molecule has 0 N–H and O–H groups in total. The Morgan fingerprint density at radius 3 is 1.15 bits per heavy atom. The van der Waals surface area contributed by atoms with Crippen LogP contribution in [0.3, 0.4) is 0 Å². The fourth-order valence-corrected chi connectivity index (χ4v) is 6.27. The third kappa shape index (κ3) is 2.67. The van der Waals surface area contributed by atoms with E-state index in [2.05, 4.69) is 54.2 Å². The molecule has 0 aliphatic heterocycles. The first-order valence-corrected chi connectivity index (χ1v) is 10.0. The van der Waals surface area contributed by atoms with Gasteiger partial charge in [-0.15, -0.1) is 39.5 Å². The molecule has 4 unspecified atom stereocenters. The summed E-state index contributed by atoms with van der Waals surface area (Å²) < 4.78 is 0. The number of hydrogen-bond acceptors (Lipinski definition) is 3. The van der Waals surface area contributed by atoms with Crippen molar-refractivity contribution in [3.8, 4) is 0 Å². The Balaban J connectivity index is 1.92. The summed E-state index contributed by atoms with van der Waals surface area (Å²) in [5.41, 5.74) is 0.826. The Hall–Kier alpha value is -1.68. The summed E-state index contributed by atoms with van der Waals surface area (Å²) in [6.45, 7) is 29.4. The highest BCUT2D eigenvalue weighted by Crippen LogP contribution is 2.98. The Morgan fingerprint density at radius 1 is 0.556 bits per heavy atom. The van der Waals surface area contributed by atoms with Gasteiger partial charge in [0.15, 0.2) is 0 Å². The average Bonchev–Trinajstić information content (AvgIpc) is 3.36. The first kappa shape index (κ1) is 20.1. The SMILES string of the molecule is C=CCN(CC=C)C1C(N(CC=C)CC=C)C23CC12C3N(CC=C)CC=C. The summed E-state index contributed by atoms with van der Waals surface area (Å²) in [5.74, 6) is 0. The third-order valence-corrected chi connectivity index (χ3v) is 6.91. The van der Waals surface area contributed by atoms with Crippen molar-refractivity contribution in [1.82, 2.24) is 14.7 Å². The lowest BCUT2D eigenvalue weighted by atomic mass is 9.83. The lowest BCUT2D eigenvalue weighted by Crippen LogP contribution is -2.60. The summed E-state index contributed by atoms with van der Waals surface area (Å²) >= 11 is 0. The van der Waals surface area contributed by atoms with Gasteiger partial charge in [0.05, 0.1) is 0 Å². The molecule has 3 nitrogen and oxygen atoms in total. The standard InChI is InChI=1S/C24H35N3/c1-7-13-25(14-8-2)20-21(26(15-9-3)16-10-4)24-19-23(20,24)22(24)27(17-11-5)18-12-6/h7-12,20-22H,1-6,13-19H2. The molecule has 3 aliphatic carbocycles. The van der Waals surface area contributed by atoms with E-state index in [-0.39, 0.29) is 0 Å². The van der Waals surface area contributed by atoms with Crippen LogP contribution < -0.4 is 0 Å². The monoisotopic (exact) mass is 365 g/mol. The van der Waals surface area contributed by atoms with Gasteiger partial charge in [0.2, 0.25) is 0 Å². The van der Waals surface area contributed by atoms with E-state index < -0.39 is 0 Å². The number of rotatable bonds is 15. The van der Waals surface area contributed by atoms with Crippen LogP contribution in [0.15, 0.2) is 75.9 Å². The molecule has 0 heterocycles. The molecule has 27 heavy (non-hydrogen) atoms. The van der Waals surface area contributed by atoms with E-state index in [0.717, 1.165) is 39.3 Å². The van der Waals surface area contributed by atoms with Crippen LogP contribution in [-0.2, 0) is 0 Å². The van der Waals surface area contributed by atoms with E-state index in [1.54, 1.807) is 0 Å². The maximum absolute atomic E-state index is 3.99. The van der Waals surface area contributed by atoms with Gasteiger partial charge in [-0.1, -0.05) is 36.5 Å². The second-order valence-electron chi connectivity index (χ2n) is 8.14. The Bertz CT molecular complexity index is 566. The lowest BCUT2D eigenvalue weighted by molar-refractivity contribution is 0.0216. The van der Waals surface area contributed by atoms with E-state index >= 15 is 0 Å². The quantitative estimate of drug-likeness (QED) is 0.411. The first-order valence-electron chi connectivity index (χ1n) is 10.0. The predicted molar refractivity (Wildman–Crippen MR) is 117 cm³/mol. The zero-order valence-corrected chi connectivity index (χ0v) is 16.7. The second-order valence-corrected chi connectivity index (χ2v) is 8.14. The van der Waals surface area contributed by atoms with Crippen molar-refractivity contribution < 1.29 is 0 Å². The molecule has 0 radical (unpaired) electrons. The zero-order valence-electron chi connectivity index (χ0n) is 16.7. The minimum Gasteiger partial charge on any atom is -0.292 e. The fraction of sp³-hybridized carbons (Fsp3) is 0.500. The molecule has 3 rings (SSSR count). The van der Waals surface area contributed by atoms with E-state index in [1.165, 1.54) is 6.42 Å². The number of nitrogens with zero attached hydrogens (tertiary/aromatic N) is 3. The molecule has 3 heteroatoms. The molecule has 4 atom stereocenters. The summed E-state index contributed by atoms with van der Waals surface area (Å²) in [6.07, 6.45) is 13.4. The molecule has 3 fully saturated rings. The van der Waals surface area contributed by atoms with E-state index in [4.69, 9.17) is 0 Å². The zero-order chi connectivity index (χ0) is 19.7. The largest absolute Gasteiger partial charge is 0.292 e. The van der Waals surface area contributed by atoms with Crippen LogP contribution in [0, 0.1) is 10.8 Å². The lowest BCUT2D eigenvalue weighted by Gasteiger charge is -2.47. The molecular weight excluding hydrogens is 330 g/mol. The molecule has 0 aromatic heterocycles. The van der Waals surface area contributed by atoms with Crippen molar-refractivity contribution in [2.24, 2.45) is 10.8 Å². The highest BCUT2D eigenvalue weighted by atomic mass is 15.4. The summed E-state index contributed by atoms with van der Waals surface area (Å²) in [6, 6.07) is 1.66. The summed E-state index contributed by atoms with van der Waals surface area (Å²) in [7, 11) is 0. The minimum atomic E-state index is 0.413. The van der Waals surface area contributed by atoms with Gasteiger partial charge < -0.3 is 0 Å². The molecule has 3 saturated carbocycles. The summed E-state index contributed by atoms with van der Waals surface area (Å²) in [5, 5.41) is 0. The second kappa shape index (κ2) is 7.75. The van der Waals surface area contributed by atoms with Crippen LogP contribution in [0.2, 0.25) is 0 Å². The van der Waals surface area contributed by atoms with Gasteiger partial charge in [0.1, 0.15) is 0 Å². The molecule has 0 aromatic carbocycles. The van der Waals surface area contributed by atoms with E-state index in [1.807, 2.05) is 36.5 Å². The Kier molecular flexibility index (Phi) is 5.76. The molecular formula is C24H35N3. The molecule has 3 aliphatic rings. The smallest absolute Gasteiger partial charge is 0.0342 e. The highest BCUT2D eigenvalue weighted by Gasteiger charge is 3.05. The summed E-state index contributed by atoms with van der Waals surface area (Å²) in [4.78, 5) is 7.70. The van der Waals surface area contributed by atoms with E-state index in [9.17, 15) is 0 Å². The maximum Gasteiger partial charge on any atom is 0.0342 e. The van der Waals surface area contributed by atoms with Crippen molar-refractivity contribution >= 4 is 0 Å². The van der Waals surface area contributed by atoms with Gasteiger partial charge in [-0.2, -0.15) is 0 Å². The number of hydrogen-bond donors (Lipinski definition) is 0. The molecule has 0 bridgehead atoms. The molecule has 146 valence electrons. The Morgan fingerprint density at radius 2 is 0.852 bits per heavy atom. The van der Waals surface area contributed by atoms with Crippen LogP contribution >= 0.6 is 0 Å². The third-order valence-electron chi connectivity index (χ3n) is 6.91. The average molecular weight is 366 g/mol. The molecule has 0 amide bonds. The van der Waals surface area contributed by atoms with Crippen LogP contribution in [0.4, 0.5) is 0 Å². The van der Waals surface area contributed by atoms with Crippen LogP contribution in [0.25, 0.3) is 0 Å². The molecule has 0 spiro atoms. The maximum atomic E-state index is 3.99. The van der Waals surface area contributed by atoms with Gasteiger partial charge >= 0.3 is 0 Å². The molecule has 0 aromatic rings. The predicted octanol–water partition coefficient (Wildman–Crippen LogP) is 3.52. The van der Waals surface area contributed by atoms with Gasteiger partial charge in [-0.05, 0) is 6.42 Å². The van der Waals surface area contributed by atoms with Gasteiger partial charge in [0.25, 0.3) is 0 Å². The van der Waals surface area contributed by atoms with Crippen LogP contribution in [-0.4, -0.2) is 72.1 Å². The van der Waals surface area contributed by atoms with Crippen molar-refractivity contribution in [3.05, 3.63) is 75.9 Å². The topological polar surface area (TPSA) is 9.72 Å². The van der Waals surface area contributed by atoms with E-state index in [0.29, 0.717) is 29.0 Å². The van der Waals surface area contributed by atoms with Crippen molar-refractivity contribution in [3.63, 3.8) is 0 Å². The van der Waals surface area contributed by atoms with Gasteiger partial charge in [0, 0.05) is 68.2 Å². The van der Waals surface area contributed by atoms with Crippen molar-refractivity contribution in [2.45, 2.75) is 24.5 Å². The normalized spacial score (nSPS) is 35.0. The van der Waals surface area contributed by atoms with Crippen LogP contribution in [0.1, 0.15) is 6.42 Å². The molecule has 0 saturated heterocycles. The van der Waals surface area contributed by atoms with Gasteiger partial charge in [-0.25, -0.2) is 0 Å².